The summed E-state index contributed by atoms with van der Waals surface area (Å²) in [5.74, 6) is -1.32. The van der Waals surface area contributed by atoms with Gasteiger partial charge in [-0.1, -0.05) is 6.07 Å². The minimum Gasteiger partial charge on any atom is -0.305 e. The molecule has 2 aliphatic carbocycles. The van der Waals surface area contributed by atoms with E-state index >= 15 is 0 Å². The molecule has 0 radical (unpaired) electrons. The maximum Gasteiger partial charge on any atom is 0.354 e. The third-order valence-corrected chi connectivity index (χ3v) is 6.10. The summed E-state index contributed by atoms with van der Waals surface area (Å²) in [6, 6.07) is 1.12. The molecule has 0 fully saturated rings. The molecule has 2 amide bonds. The van der Waals surface area contributed by atoms with Crippen molar-refractivity contribution in [3.05, 3.63) is 40.3 Å². The van der Waals surface area contributed by atoms with Gasteiger partial charge in [0.05, 0.1) is 6.20 Å². The number of carbonyl (C=O) groups is 1. The zero-order valence-electron chi connectivity index (χ0n) is 14.0. The number of hydrogen-bond donors (Lipinski definition) is 2. The fraction of sp³-hybridized carbons (Fsp3) is 0.375. The number of nitrogens with zero attached hydrogens (tertiary/aromatic N) is 3. The van der Waals surface area contributed by atoms with Crippen LogP contribution >= 0.6 is 0 Å². The number of fused-ring (bicyclic) bond motifs is 2. The maximum atomic E-state index is 13.8. The summed E-state index contributed by atoms with van der Waals surface area (Å²) in [5.41, 5.74) is 5.00. The van der Waals surface area contributed by atoms with Crippen LogP contribution in [-0.2, 0) is 35.6 Å². The van der Waals surface area contributed by atoms with E-state index in [1.807, 2.05) is 0 Å². The molecule has 2 aromatic rings. The number of urea groups is 1. The van der Waals surface area contributed by atoms with Crippen LogP contribution in [0, 0.1) is 5.82 Å². The SMILES string of the molecule is NS(=O)(=NC(=O)Nc1c2c(cc3c1CC3)CCC2)c1nn(C(F)F)cc1F. The zero-order chi connectivity index (χ0) is 19.3. The Morgan fingerprint density at radius 2 is 1.96 bits per heavy atom. The molecule has 0 bridgehead atoms. The first-order chi connectivity index (χ1) is 12.8. The van der Waals surface area contributed by atoms with E-state index in [0.29, 0.717) is 11.9 Å². The molecule has 2 aliphatic rings. The first-order valence-corrected chi connectivity index (χ1v) is 9.89. The molecule has 144 valence electrons. The summed E-state index contributed by atoms with van der Waals surface area (Å²) in [6.45, 7) is -3.14. The number of benzene rings is 1. The topological polar surface area (TPSA) is 102 Å². The number of alkyl halides is 2. The molecule has 1 aromatic heterocycles. The Balaban J connectivity index is 1.66. The highest BCUT2D eigenvalue weighted by Crippen LogP contribution is 2.39. The average Bonchev–Trinajstić information content (AvgIpc) is 3.16. The number of carbonyl (C=O) groups excluding carboxylic acids is 1. The number of aryl methyl sites for hydroxylation is 2. The van der Waals surface area contributed by atoms with E-state index in [0.717, 1.165) is 48.8 Å². The highest BCUT2D eigenvalue weighted by atomic mass is 32.2. The number of aromatic nitrogens is 2. The molecule has 3 N–H and O–H groups in total. The van der Waals surface area contributed by atoms with E-state index in [4.69, 9.17) is 5.14 Å². The van der Waals surface area contributed by atoms with Crippen LogP contribution in [0.1, 0.15) is 35.2 Å². The van der Waals surface area contributed by atoms with Gasteiger partial charge in [-0.05, 0) is 54.4 Å². The first-order valence-electron chi connectivity index (χ1n) is 8.31. The molecular formula is C16H16F3N5O2S. The molecule has 0 spiro atoms. The van der Waals surface area contributed by atoms with Gasteiger partial charge in [0.15, 0.2) is 15.7 Å². The third-order valence-electron chi connectivity index (χ3n) is 4.83. The monoisotopic (exact) mass is 399 g/mol. The summed E-state index contributed by atoms with van der Waals surface area (Å²) in [4.78, 5) is 12.3. The van der Waals surface area contributed by atoms with Crippen molar-refractivity contribution >= 4 is 21.6 Å². The van der Waals surface area contributed by atoms with Gasteiger partial charge < -0.3 is 5.32 Å². The molecule has 0 saturated carbocycles. The van der Waals surface area contributed by atoms with Gasteiger partial charge in [0, 0.05) is 5.69 Å². The van der Waals surface area contributed by atoms with E-state index in [2.05, 4.69) is 20.8 Å². The summed E-state index contributed by atoms with van der Waals surface area (Å²) in [5, 5.41) is 10.2. The van der Waals surface area contributed by atoms with E-state index in [-0.39, 0.29) is 4.68 Å². The van der Waals surface area contributed by atoms with Crippen molar-refractivity contribution in [3.8, 4) is 0 Å². The lowest BCUT2D eigenvalue weighted by atomic mass is 9.83. The second kappa shape index (κ2) is 6.34. The highest BCUT2D eigenvalue weighted by Gasteiger charge is 2.27. The highest BCUT2D eigenvalue weighted by molar-refractivity contribution is 7.91. The van der Waals surface area contributed by atoms with Gasteiger partial charge in [-0.3, -0.25) is 0 Å². The second-order valence-corrected chi connectivity index (χ2v) is 8.22. The summed E-state index contributed by atoms with van der Waals surface area (Å²) < 4.78 is 54.7. The molecule has 1 aromatic carbocycles. The Morgan fingerprint density at radius 3 is 2.59 bits per heavy atom. The number of halogens is 3. The Labute approximate surface area is 153 Å². The molecule has 11 heteroatoms. The van der Waals surface area contributed by atoms with Crippen molar-refractivity contribution in [1.82, 2.24) is 9.78 Å². The minimum atomic E-state index is -4.12. The van der Waals surface area contributed by atoms with Gasteiger partial charge in [0.25, 0.3) is 0 Å². The lowest BCUT2D eigenvalue weighted by molar-refractivity contribution is 0.0552. The van der Waals surface area contributed by atoms with E-state index in [1.54, 1.807) is 0 Å². The van der Waals surface area contributed by atoms with Crippen molar-refractivity contribution in [3.63, 3.8) is 0 Å². The van der Waals surface area contributed by atoms with Crippen LogP contribution in [0.15, 0.2) is 21.7 Å². The van der Waals surface area contributed by atoms with Gasteiger partial charge in [0.1, 0.15) is 0 Å². The van der Waals surface area contributed by atoms with Crippen molar-refractivity contribution < 1.29 is 22.2 Å². The van der Waals surface area contributed by atoms with Crippen LogP contribution in [-0.4, -0.2) is 20.0 Å². The average molecular weight is 399 g/mol. The summed E-state index contributed by atoms with van der Waals surface area (Å²) in [6.07, 6.45) is 4.79. The van der Waals surface area contributed by atoms with Crippen molar-refractivity contribution in [2.24, 2.45) is 9.50 Å². The minimum absolute atomic E-state index is 0.0304. The molecule has 0 saturated heterocycles. The van der Waals surface area contributed by atoms with Crippen LogP contribution in [0.4, 0.5) is 23.7 Å². The fourth-order valence-electron chi connectivity index (χ4n) is 3.54. The Kier molecular flexibility index (Phi) is 4.22. The number of hydrogen-bond acceptors (Lipinski definition) is 3. The van der Waals surface area contributed by atoms with Gasteiger partial charge in [0.2, 0.25) is 5.03 Å². The fourth-order valence-corrected chi connectivity index (χ4v) is 4.46. The van der Waals surface area contributed by atoms with Gasteiger partial charge in [-0.2, -0.15) is 13.9 Å². The van der Waals surface area contributed by atoms with E-state index in [1.165, 1.54) is 5.56 Å². The smallest absolute Gasteiger partial charge is 0.305 e. The van der Waals surface area contributed by atoms with Crippen molar-refractivity contribution in [2.75, 3.05) is 5.32 Å². The quantitative estimate of drug-likeness (QED) is 0.829. The maximum absolute atomic E-state index is 13.8. The number of amides is 2. The van der Waals surface area contributed by atoms with Crippen LogP contribution in [0.2, 0.25) is 0 Å². The van der Waals surface area contributed by atoms with Crippen LogP contribution in [0.5, 0.6) is 0 Å². The number of rotatable bonds is 3. The summed E-state index contributed by atoms with van der Waals surface area (Å²) in [7, 11) is -4.12. The Bertz CT molecular complexity index is 1070. The summed E-state index contributed by atoms with van der Waals surface area (Å²) >= 11 is 0. The molecule has 7 nitrogen and oxygen atoms in total. The number of nitrogens with one attached hydrogen (secondary N) is 1. The Morgan fingerprint density at radius 1 is 1.26 bits per heavy atom. The molecular weight excluding hydrogens is 383 g/mol. The predicted molar refractivity (Wildman–Crippen MR) is 91.4 cm³/mol. The number of anilines is 1. The molecule has 1 heterocycles. The lowest BCUT2D eigenvalue weighted by Gasteiger charge is -2.25. The van der Waals surface area contributed by atoms with Crippen LogP contribution in [0.25, 0.3) is 0 Å². The van der Waals surface area contributed by atoms with Gasteiger partial charge >= 0.3 is 12.6 Å². The van der Waals surface area contributed by atoms with E-state index in [9.17, 15) is 22.2 Å². The van der Waals surface area contributed by atoms with Crippen molar-refractivity contribution in [1.29, 1.82) is 0 Å². The molecule has 27 heavy (non-hydrogen) atoms. The first kappa shape index (κ1) is 18.0. The molecule has 0 aliphatic heterocycles. The normalized spacial score (nSPS) is 17.1. The standard InChI is InChI=1S/C16H16F3N5O2S/c17-12-7-24(15(18)19)22-14(12)27(20,26)23-16(25)21-13-10-3-1-2-8(10)6-9-4-5-11(9)13/h6-7,15H,1-5H2,(H3,20,21,23,25,26). The number of nitrogens with two attached hydrogens (primary N) is 1. The van der Waals surface area contributed by atoms with Crippen molar-refractivity contribution in [2.45, 2.75) is 43.7 Å². The molecule has 1 atom stereocenters. The van der Waals surface area contributed by atoms with Gasteiger partial charge in [-0.25, -0.2) is 23.2 Å². The van der Waals surface area contributed by atoms with Gasteiger partial charge in [-0.15, -0.1) is 4.36 Å². The van der Waals surface area contributed by atoms with Crippen LogP contribution in [0.3, 0.4) is 0 Å². The molecule has 1 unspecified atom stereocenters. The molecule has 4 rings (SSSR count). The Hall–Kier alpha value is -2.40. The zero-order valence-corrected chi connectivity index (χ0v) is 14.9. The predicted octanol–water partition coefficient (Wildman–Crippen LogP) is 2.94. The van der Waals surface area contributed by atoms with E-state index < -0.39 is 33.3 Å². The largest absolute Gasteiger partial charge is 0.354 e. The lowest BCUT2D eigenvalue weighted by Crippen LogP contribution is -2.22. The third kappa shape index (κ3) is 3.10. The van der Waals surface area contributed by atoms with Crippen LogP contribution < -0.4 is 10.5 Å². The second-order valence-electron chi connectivity index (χ2n) is 6.51.